The van der Waals surface area contributed by atoms with E-state index in [0.29, 0.717) is 0 Å². The zero-order valence-corrected chi connectivity index (χ0v) is 8.30. The highest BCUT2D eigenvalue weighted by Gasteiger charge is 2.36. The van der Waals surface area contributed by atoms with Crippen molar-refractivity contribution in [3.63, 3.8) is 0 Å². The van der Waals surface area contributed by atoms with Gasteiger partial charge >= 0.3 is 11.4 Å². The first-order valence-corrected chi connectivity index (χ1v) is 4.09. The first-order chi connectivity index (χ1) is 8.31. The Morgan fingerprint density at radius 1 is 1.00 bits per heavy atom. The Bertz CT molecular complexity index is 581. The largest absolute Gasteiger partial charge is 0.497 e. The van der Waals surface area contributed by atoms with Crippen LogP contribution < -0.4 is 0 Å². The van der Waals surface area contributed by atoms with Crippen molar-refractivity contribution in [1.29, 1.82) is 0 Å². The van der Waals surface area contributed by atoms with E-state index in [1.165, 1.54) is 0 Å². The minimum atomic E-state index is -1.40. The SMILES string of the molecule is O=Cc1c([N+](=O)[O-])cc([N+](=O)[O-])c(O)c1[N+](=O)[O-]. The van der Waals surface area contributed by atoms with Crippen molar-refractivity contribution in [1.82, 2.24) is 0 Å². The van der Waals surface area contributed by atoms with E-state index in [0.717, 1.165) is 0 Å². The number of nitro benzene ring substituents is 3. The first-order valence-electron chi connectivity index (χ1n) is 4.09. The van der Waals surface area contributed by atoms with Gasteiger partial charge in [-0.3, -0.25) is 35.1 Å². The minimum Gasteiger partial charge on any atom is -0.497 e. The predicted octanol–water partition coefficient (Wildman–Crippen LogP) is 0.929. The molecule has 1 aromatic carbocycles. The third-order valence-electron chi connectivity index (χ3n) is 1.97. The molecular weight excluding hydrogens is 254 g/mol. The molecule has 0 aliphatic heterocycles. The number of hydrogen-bond donors (Lipinski definition) is 1. The van der Waals surface area contributed by atoms with E-state index in [2.05, 4.69) is 0 Å². The molecule has 1 N–H and O–H groups in total. The second kappa shape index (κ2) is 4.40. The van der Waals surface area contributed by atoms with E-state index in [1.807, 2.05) is 0 Å². The molecule has 0 saturated heterocycles. The van der Waals surface area contributed by atoms with E-state index < -0.39 is 43.1 Å². The summed E-state index contributed by atoms with van der Waals surface area (Å²) >= 11 is 0. The van der Waals surface area contributed by atoms with Crippen LogP contribution in [0.5, 0.6) is 5.75 Å². The molecule has 0 amide bonds. The molecule has 0 saturated carbocycles. The van der Waals surface area contributed by atoms with Gasteiger partial charge in [0.25, 0.3) is 11.4 Å². The zero-order chi connectivity index (χ0) is 14.0. The normalized spacial score (nSPS) is 9.78. The number of nitro groups is 3. The number of hydrogen-bond acceptors (Lipinski definition) is 8. The van der Waals surface area contributed by atoms with Crippen molar-refractivity contribution in [2.75, 3.05) is 0 Å². The van der Waals surface area contributed by atoms with Crippen molar-refractivity contribution < 1.29 is 24.7 Å². The van der Waals surface area contributed by atoms with E-state index >= 15 is 0 Å². The topological polar surface area (TPSA) is 167 Å². The number of aromatic hydroxyl groups is 1. The van der Waals surface area contributed by atoms with E-state index in [-0.39, 0.29) is 12.4 Å². The average Bonchev–Trinajstić information content (AvgIpc) is 2.26. The van der Waals surface area contributed by atoms with Gasteiger partial charge in [-0.15, -0.1) is 0 Å². The van der Waals surface area contributed by atoms with E-state index in [1.54, 1.807) is 0 Å². The van der Waals surface area contributed by atoms with Crippen LogP contribution in [0.3, 0.4) is 0 Å². The maximum absolute atomic E-state index is 10.6. The van der Waals surface area contributed by atoms with E-state index in [9.17, 15) is 40.2 Å². The number of nitrogens with zero attached hydrogens (tertiary/aromatic N) is 3. The van der Waals surface area contributed by atoms with Gasteiger partial charge in [-0.1, -0.05) is 0 Å². The van der Waals surface area contributed by atoms with Crippen LogP contribution in [0, 0.1) is 30.3 Å². The molecule has 0 fully saturated rings. The van der Waals surface area contributed by atoms with Crippen molar-refractivity contribution in [3.05, 3.63) is 42.0 Å². The highest BCUT2D eigenvalue weighted by Crippen LogP contribution is 2.42. The standard InChI is InChI=1S/C7H3N3O8/c11-2-3-4(8(13)14)1-5(9(15)16)7(12)6(3)10(17)18/h1-2,12H. The lowest BCUT2D eigenvalue weighted by Gasteiger charge is -2.01. The van der Waals surface area contributed by atoms with Crippen LogP contribution >= 0.6 is 0 Å². The van der Waals surface area contributed by atoms with Crippen LogP contribution in [0.25, 0.3) is 0 Å². The van der Waals surface area contributed by atoms with Crippen LogP contribution in [0.15, 0.2) is 6.07 Å². The fourth-order valence-electron chi connectivity index (χ4n) is 1.24. The van der Waals surface area contributed by atoms with Gasteiger partial charge in [-0.25, -0.2) is 0 Å². The Morgan fingerprint density at radius 3 is 1.83 bits per heavy atom. The predicted molar refractivity (Wildman–Crippen MR) is 53.5 cm³/mol. The number of phenolic OH excluding ortho intramolecular Hbond substituents is 1. The van der Waals surface area contributed by atoms with Gasteiger partial charge in [0.2, 0.25) is 0 Å². The summed E-state index contributed by atoms with van der Waals surface area (Å²) in [5.41, 5.74) is -4.75. The van der Waals surface area contributed by atoms with E-state index in [4.69, 9.17) is 0 Å². The lowest BCUT2D eigenvalue weighted by atomic mass is 10.1. The monoisotopic (exact) mass is 257 g/mol. The summed E-state index contributed by atoms with van der Waals surface area (Å²) in [7, 11) is 0. The third-order valence-corrected chi connectivity index (χ3v) is 1.97. The van der Waals surface area contributed by atoms with Gasteiger partial charge in [-0.05, 0) is 0 Å². The molecule has 0 aromatic heterocycles. The molecule has 94 valence electrons. The number of aldehydes is 1. The number of carbonyl (C=O) groups is 1. The van der Waals surface area contributed by atoms with Gasteiger partial charge in [-0.2, -0.15) is 0 Å². The Kier molecular flexibility index (Phi) is 3.17. The molecule has 0 spiro atoms. The Morgan fingerprint density at radius 2 is 1.50 bits per heavy atom. The maximum Gasteiger partial charge on any atom is 0.335 e. The van der Waals surface area contributed by atoms with Gasteiger partial charge in [0.15, 0.2) is 11.8 Å². The van der Waals surface area contributed by atoms with Gasteiger partial charge < -0.3 is 5.11 Å². The van der Waals surface area contributed by atoms with Crippen molar-refractivity contribution >= 4 is 23.3 Å². The molecule has 11 heteroatoms. The number of benzene rings is 1. The summed E-state index contributed by atoms with van der Waals surface area (Å²) in [4.78, 5) is 38.5. The molecule has 0 atom stereocenters. The number of carbonyl (C=O) groups excluding carboxylic acids is 1. The molecule has 1 aromatic rings. The summed E-state index contributed by atoms with van der Waals surface area (Å²) in [5, 5.41) is 40.9. The second-order valence-corrected chi connectivity index (χ2v) is 2.91. The minimum absolute atomic E-state index is 0.223. The van der Waals surface area contributed by atoms with Crippen LogP contribution in [-0.4, -0.2) is 26.2 Å². The molecular formula is C7H3N3O8. The molecule has 18 heavy (non-hydrogen) atoms. The molecule has 0 unspecified atom stereocenters. The lowest BCUT2D eigenvalue weighted by molar-refractivity contribution is -0.404. The fraction of sp³-hybridized carbons (Fsp3) is 0. The van der Waals surface area contributed by atoms with Crippen molar-refractivity contribution in [3.8, 4) is 5.75 Å². The Balaban J connectivity index is 3.87. The molecule has 0 aliphatic rings. The van der Waals surface area contributed by atoms with Gasteiger partial charge in [0.1, 0.15) is 0 Å². The molecule has 0 heterocycles. The molecule has 11 nitrogen and oxygen atoms in total. The summed E-state index contributed by atoms with van der Waals surface area (Å²) < 4.78 is 0. The highest BCUT2D eigenvalue weighted by molar-refractivity contribution is 5.91. The first kappa shape index (κ1) is 13.0. The molecule has 0 radical (unpaired) electrons. The molecule has 1 rings (SSSR count). The molecule has 0 aliphatic carbocycles. The number of phenols is 1. The van der Waals surface area contributed by atoms with Crippen LogP contribution in [0.4, 0.5) is 17.1 Å². The Labute approximate surface area is 96.7 Å². The van der Waals surface area contributed by atoms with Crippen LogP contribution in [-0.2, 0) is 0 Å². The summed E-state index contributed by atoms with van der Waals surface area (Å²) in [6.07, 6.45) is -0.223. The Hall–Kier alpha value is -3.11. The van der Waals surface area contributed by atoms with Crippen molar-refractivity contribution in [2.45, 2.75) is 0 Å². The fourth-order valence-corrected chi connectivity index (χ4v) is 1.24. The van der Waals surface area contributed by atoms with Crippen LogP contribution in [0.1, 0.15) is 10.4 Å². The summed E-state index contributed by atoms with van der Waals surface area (Å²) in [6.45, 7) is 0. The third kappa shape index (κ3) is 1.91. The maximum atomic E-state index is 10.6. The van der Waals surface area contributed by atoms with Gasteiger partial charge in [0.05, 0.1) is 20.8 Å². The molecule has 0 bridgehead atoms. The number of rotatable bonds is 4. The van der Waals surface area contributed by atoms with Crippen molar-refractivity contribution in [2.24, 2.45) is 0 Å². The second-order valence-electron chi connectivity index (χ2n) is 2.91. The average molecular weight is 257 g/mol. The lowest BCUT2D eigenvalue weighted by Crippen LogP contribution is -2.03. The van der Waals surface area contributed by atoms with Crippen LogP contribution in [0.2, 0.25) is 0 Å². The summed E-state index contributed by atoms with van der Waals surface area (Å²) in [5.74, 6) is -1.40. The highest BCUT2D eigenvalue weighted by atomic mass is 16.6. The smallest absolute Gasteiger partial charge is 0.335 e. The summed E-state index contributed by atoms with van der Waals surface area (Å²) in [6, 6.07) is 0.284. The van der Waals surface area contributed by atoms with Gasteiger partial charge in [0, 0.05) is 0 Å². The zero-order valence-electron chi connectivity index (χ0n) is 8.30. The quantitative estimate of drug-likeness (QED) is 0.471.